The van der Waals surface area contributed by atoms with E-state index in [0.29, 0.717) is 20.9 Å². The summed E-state index contributed by atoms with van der Waals surface area (Å²) in [5, 5.41) is 0. The van der Waals surface area contributed by atoms with Crippen molar-refractivity contribution in [1.82, 2.24) is 0 Å². The molecule has 0 amide bonds. The number of rotatable bonds is 5. The van der Waals surface area contributed by atoms with Crippen LogP contribution in [0.3, 0.4) is 0 Å². The van der Waals surface area contributed by atoms with Crippen LogP contribution >= 0.6 is 21.6 Å². The minimum absolute atomic E-state index is 0.286. The molecular weight excluding hydrogens is 390 g/mol. The second-order valence-electron chi connectivity index (χ2n) is 6.13. The van der Waals surface area contributed by atoms with Crippen LogP contribution in [0.25, 0.3) is 22.3 Å². The molecule has 0 aliphatic rings. The molecular formula is C24H16F2S2. The SMILES string of the molecule is Fc1c(SSc2cccc(-c3ccccc3)c2F)cccc1-c1ccccc1. The van der Waals surface area contributed by atoms with Crippen LogP contribution in [0.2, 0.25) is 0 Å². The summed E-state index contributed by atoms with van der Waals surface area (Å²) in [5.41, 5.74) is 2.74. The second kappa shape index (κ2) is 8.63. The summed E-state index contributed by atoms with van der Waals surface area (Å²) in [6, 6.07) is 29.5. The molecule has 0 radical (unpaired) electrons. The molecule has 138 valence electrons. The molecule has 0 fully saturated rings. The highest BCUT2D eigenvalue weighted by Gasteiger charge is 2.14. The van der Waals surface area contributed by atoms with E-state index in [4.69, 9.17) is 0 Å². The Morgan fingerprint density at radius 2 is 0.821 bits per heavy atom. The molecule has 0 atom stereocenters. The van der Waals surface area contributed by atoms with Crippen LogP contribution in [0.15, 0.2) is 107 Å². The third kappa shape index (κ3) is 3.98. The second-order valence-corrected chi connectivity index (χ2v) is 8.35. The monoisotopic (exact) mass is 406 g/mol. The zero-order chi connectivity index (χ0) is 19.3. The van der Waals surface area contributed by atoms with E-state index in [1.807, 2.05) is 72.8 Å². The highest BCUT2D eigenvalue weighted by Crippen LogP contribution is 2.43. The topological polar surface area (TPSA) is 0 Å². The van der Waals surface area contributed by atoms with E-state index in [1.165, 1.54) is 21.6 Å². The van der Waals surface area contributed by atoms with Crippen LogP contribution in [-0.2, 0) is 0 Å². The minimum atomic E-state index is -0.286. The van der Waals surface area contributed by atoms with Crippen molar-refractivity contribution in [3.63, 3.8) is 0 Å². The summed E-state index contributed by atoms with van der Waals surface area (Å²) < 4.78 is 30.0. The fourth-order valence-electron chi connectivity index (χ4n) is 2.92. The molecule has 4 aromatic rings. The third-order valence-corrected chi connectivity index (χ3v) is 6.72. The van der Waals surface area contributed by atoms with Gasteiger partial charge in [0.25, 0.3) is 0 Å². The van der Waals surface area contributed by atoms with E-state index in [0.717, 1.165) is 11.1 Å². The summed E-state index contributed by atoms with van der Waals surface area (Å²) in [6.07, 6.45) is 0. The molecule has 0 unspecified atom stereocenters. The van der Waals surface area contributed by atoms with Gasteiger partial charge in [0.15, 0.2) is 0 Å². The van der Waals surface area contributed by atoms with Crippen molar-refractivity contribution in [2.24, 2.45) is 0 Å². The Morgan fingerprint density at radius 1 is 0.429 bits per heavy atom. The predicted molar refractivity (Wildman–Crippen MR) is 115 cm³/mol. The molecule has 0 aliphatic heterocycles. The lowest BCUT2D eigenvalue weighted by atomic mass is 10.1. The summed E-state index contributed by atoms with van der Waals surface area (Å²) in [4.78, 5) is 0.965. The van der Waals surface area contributed by atoms with E-state index >= 15 is 0 Å². The Kier molecular flexibility index (Phi) is 5.79. The van der Waals surface area contributed by atoms with Crippen molar-refractivity contribution in [3.8, 4) is 22.3 Å². The van der Waals surface area contributed by atoms with Crippen LogP contribution in [-0.4, -0.2) is 0 Å². The Bertz CT molecular complexity index is 991. The maximum atomic E-state index is 15.0. The Balaban J connectivity index is 1.59. The number of hydrogen-bond donors (Lipinski definition) is 0. The standard InChI is InChI=1S/C24H16F2S2/c25-23-19(17-9-3-1-4-10-17)13-7-15-21(23)27-28-22-16-8-14-20(24(22)26)18-11-5-2-6-12-18/h1-16H. The molecule has 4 heteroatoms. The van der Waals surface area contributed by atoms with Crippen molar-refractivity contribution in [2.45, 2.75) is 9.79 Å². The number of benzene rings is 4. The first-order valence-corrected chi connectivity index (χ1v) is 10.9. The van der Waals surface area contributed by atoms with Gasteiger partial charge >= 0.3 is 0 Å². The smallest absolute Gasteiger partial charge is 0.145 e. The quantitative estimate of drug-likeness (QED) is 0.307. The minimum Gasteiger partial charge on any atom is -0.205 e. The van der Waals surface area contributed by atoms with Crippen molar-refractivity contribution in [1.29, 1.82) is 0 Å². The Labute approximate surface area is 171 Å². The molecule has 0 nitrogen and oxygen atoms in total. The van der Waals surface area contributed by atoms with Gasteiger partial charge in [-0.05, 0) is 44.8 Å². The molecule has 0 saturated carbocycles. The highest BCUT2D eigenvalue weighted by atomic mass is 33.1. The van der Waals surface area contributed by atoms with Gasteiger partial charge in [0.2, 0.25) is 0 Å². The van der Waals surface area contributed by atoms with E-state index < -0.39 is 0 Å². The fraction of sp³-hybridized carbons (Fsp3) is 0. The Hall–Kier alpha value is -2.56. The van der Waals surface area contributed by atoms with Crippen LogP contribution in [0.1, 0.15) is 0 Å². The van der Waals surface area contributed by atoms with Crippen molar-refractivity contribution in [3.05, 3.63) is 109 Å². The van der Waals surface area contributed by atoms with Gasteiger partial charge in [0.1, 0.15) is 11.6 Å². The molecule has 28 heavy (non-hydrogen) atoms. The predicted octanol–water partition coefficient (Wildman–Crippen LogP) is 8.10. The van der Waals surface area contributed by atoms with Crippen molar-refractivity contribution < 1.29 is 8.78 Å². The molecule has 0 spiro atoms. The largest absolute Gasteiger partial charge is 0.205 e. The van der Waals surface area contributed by atoms with Crippen LogP contribution < -0.4 is 0 Å². The van der Waals surface area contributed by atoms with Gasteiger partial charge in [-0.25, -0.2) is 8.78 Å². The molecule has 0 N–H and O–H groups in total. The average molecular weight is 407 g/mol. The third-order valence-electron chi connectivity index (χ3n) is 4.32. The van der Waals surface area contributed by atoms with Crippen molar-refractivity contribution >= 4 is 21.6 Å². The average Bonchev–Trinajstić information content (AvgIpc) is 2.75. The van der Waals surface area contributed by atoms with Crippen LogP contribution in [0.5, 0.6) is 0 Å². The lowest BCUT2D eigenvalue weighted by Gasteiger charge is -2.10. The number of halogens is 2. The summed E-state index contributed by atoms with van der Waals surface area (Å²) in [5.74, 6) is -0.573. The molecule has 4 rings (SSSR count). The van der Waals surface area contributed by atoms with Gasteiger partial charge in [-0.2, -0.15) is 0 Å². The summed E-state index contributed by atoms with van der Waals surface area (Å²) in [7, 11) is 2.46. The first-order valence-electron chi connectivity index (χ1n) is 8.76. The van der Waals surface area contributed by atoms with Gasteiger partial charge in [0.05, 0.1) is 9.79 Å². The van der Waals surface area contributed by atoms with E-state index in [2.05, 4.69) is 0 Å². The lowest BCUT2D eigenvalue weighted by Crippen LogP contribution is -1.88. The van der Waals surface area contributed by atoms with Crippen molar-refractivity contribution in [2.75, 3.05) is 0 Å². The molecule has 4 aromatic carbocycles. The van der Waals surface area contributed by atoms with Gasteiger partial charge in [0, 0.05) is 11.1 Å². The summed E-state index contributed by atoms with van der Waals surface area (Å²) >= 11 is 0. The Morgan fingerprint density at radius 3 is 1.21 bits per heavy atom. The van der Waals surface area contributed by atoms with Gasteiger partial charge < -0.3 is 0 Å². The zero-order valence-corrected chi connectivity index (χ0v) is 16.4. The van der Waals surface area contributed by atoms with Gasteiger partial charge in [-0.1, -0.05) is 84.9 Å². The molecule has 0 aromatic heterocycles. The normalized spacial score (nSPS) is 10.8. The van der Waals surface area contributed by atoms with Gasteiger partial charge in [-0.3, -0.25) is 0 Å². The number of hydrogen-bond acceptors (Lipinski definition) is 2. The van der Waals surface area contributed by atoms with Crippen LogP contribution in [0, 0.1) is 11.6 Å². The molecule has 0 bridgehead atoms. The first kappa shape index (κ1) is 18.8. The van der Waals surface area contributed by atoms with Gasteiger partial charge in [-0.15, -0.1) is 0 Å². The highest BCUT2D eigenvalue weighted by molar-refractivity contribution is 8.76. The first-order chi connectivity index (χ1) is 13.7. The maximum Gasteiger partial charge on any atom is 0.145 e. The molecule has 0 saturated heterocycles. The maximum absolute atomic E-state index is 15.0. The van der Waals surface area contributed by atoms with E-state index in [1.54, 1.807) is 24.3 Å². The fourth-order valence-corrected chi connectivity index (χ4v) is 5.05. The van der Waals surface area contributed by atoms with E-state index in [9.17, 15) is 8.78 Å². The summed E-state index contributed by atoms with van der Waals surface area (Å²) in [6.45, 7) is 0. The van der Waals surface area contributed by atoms with E-state index in [-0.39, 0.29) is 11.6 Å². The molecule has 0 heterocycles. The molecule has 0 aliphatic carbocycles. The lowest BCUT2D eigenvalue weighted by molar-refractivity contribution is 0.605. The van der Waals surface area contributed by atoms with Crippen LogP contribution in [0.4, 0.5) is 8.78 Å². The zero-order valence-electron chi connectivity index (χ0n) is 14.8.